The normalized spacial score (nSPS) is 23.8. The smallest absolute Gasteiger partial charge is 0.220 e. The first-order chi connectivity index (χ1) is 43.1. The predicted molar refractivity (Wildman–Crippen MR) is 359 cm³/mol. The van der Waals surface area contributed by atoms with Crippen molar-refractivity contribution in [2.75, 3.05) is 19.8 Å². The quantitative estimate of drug-likeness (QED) is 0.0204. The summed E-state index contributed by atoms with van der Waals surface area (Å²) in [5.74, 6) is -0.262. The SMILES string of the molecule is CC/C=C\C/C=C\C/C=C\C/C=C\C/C=C\CCCCCCCCCCCC(=O)NC(COC1OC(CO)C(OC2OC(CO)C(O)C(O)C2O)C(O)C1O)C(O)/C=C/CC/C=C/CC/C=C/CCCCCCCCCCCCCCCCCCCCC. The Balaban J connectivity index is 1.71. The summed E-state index contributed by atoms with van der Waals surface area (Å²) in [6.07, 6.45) is 64.6. The molecule has 2 heterocycles. The lowest BCUT2D eigenvalue weighted by molar-refractivity contribution is -0.359. The number of unbranched alkanes of at least 4 members (excludes halogenated alkanes) is 30. The van der Waals surface area contributed by atoms with E-state index in [1.807, 2.05) is 6.08 Å². The van der Waals surface area contributed by atoms with Gasteiger partial charge in [-0.1, -0.05) is 272 Å². The molecule has 2 aliphatic heterocycles. The van der Waals surface area contributed by atoms with Crippen LogP contribution in [0.3, 0.4) is 0 Å². The molecule has 9 N–H and O–H groups in total. The number of allylic oxidation sites excluding steroid dienone is 15. The Hall–Kier alpha value is -3.09. The molecule has 0 bridgehead atoms. The van der Waals surface area contributed by atoms with Crippen LogP contribution in [0.25, 0.3) is 0 Å². The van der Waals surface area contributed by atoms with Gasteiger partial charge in [0, 0.05) is 6.42 Å². The molecule has 508 valence electrons. The number of amides is 1. The van der Waals surface area contributed by atoms with Gasteiger partial charge in [-0.2, -0.15) is 0 Å². The van der Waals surface area contributed by atoms with Gasteiger partial charge in [-0.25, -0.2) is 0 Å². The van der Waals surface area contributed by atoms with E-state index in [2.05, 4.69) is 104 Å². The largest absolute Gasteiger partial charge is 0.394 e. The van der Waals surface area contributed by atoms with Crippen LogP contribution in [-0.2, 0) is 23.7 Å². The molecule has 0 aliphatic carbocycles. The molecule has 1 amide bonds. The minimum Gasteiger partial charge on any atom is -0.394 e. The second-order valence-electron chi connectivity index (χ2n) is 24.6. The van der Waals surface area contributed by atoms with Crippen LogP contribution in [-0.4, -0.2) is 140 Å². The first kappa shape index (κ1) is 81.0. The summed E-state index contributed by atoms with van der Waals surface area (Å²) in [7, 11) is 0. The second kappa shape index (κ2) is 57.8. The standard InChI is InChI=1S/C74H129NO13/c1-3-5-7-9-11-13-15-17-19-21-23-25-27-29-30-31-32-34-35-37-39-41-43-45-47-49-51-53-55-57-63(78)62(61-85-73-71(84)69(82)72(65(60-77)87-73)88-74-70(83)68(81)67(80)64(59-76)86-74)75-66(79)58-56-54-52-50-48-46-44-42-40-38-36-33-28-26-24-22-20-18-16-14-12-10-8-6-4-2/h6,8,12,14,18,20,24,26,33,36,39,41,47,49,55,57,62-65,67-74,76-78,80-84H,3-5,7,9-11,13,15-17,19,21-23,25,27-32,34-35,37-38,40,42-46,48,50-54,56,58-61H2,1-2H3,(H,75,79)/b8-6-,14-12-,20-18-,26-24-,36-33-,41-39+,49-47+,57-55+. The molecule has 0 radical (unpaired) electrons. The summed E-state index contributed by atoms with van der Waals surface area (Å²) < 4.78 is 22.8. The first-order valence-corrected chi connectivity index (χ1v) is 35.5. The maximum absolute atomic E-state index is 13.3. The van der Waals surface area contributed by atoms with Gasteiger partial charge < -0.3 is 65.1 Å². The van der Waals surface area contributed by atoms with Crippen molar-refractivity contribution in [1.29, 1.82) is 0 Å². The van der Waals surface area contributed by atoms with Crippen molar-refractivity contribution in [1.82, 2.24) is 5.32 Å². The summed E-state index contributed by atoms with van der Waals surface area (Å²) in [6.45, 7) is 2.68. The summed E-state index contributed by atoms with van der Waals surface area (Å²) in [4.78, 5) is 13.3. The van der Waals surface area contributed by atoms with Gasteiger partial charge in [0.15, 0.2) is 12.6 Å². The molecule has 12 unspecified atom stereocenters. The zero-order valence-corrected chi connectivity index (χ0v) is 55.2. The van der Waals surface area contributed by atoms with E-state index in [9.17, 15) is 45.6 Å². The number of carbonyl (C=O) groups excluding carboxylic acids is 1. The number of ether oxygens (including phenoxy) is 4. The Morgan fingerprint density at radius 1 is 0.420 bits per heavy atom. The Bertz CT molecular complexity index is 1850. The Labute approximate surface area is 534 Å². The first-order valence-electron chi connectivity index (χ1n) is 35.5. The minimum absolute atomic E-state index is 0.257. The number of aliphatic hydroxyl groups excluding tert-OH is 8. The zero-order valence-electron chi connectivity index (χ0n) is 55.2. The van der Waals surface area contributed by atoms with E-state index in [0.29, 0.717) is 12.8 Å². The third kappa shape index (κ3) is 41.4. The lowest BCUT2D eigenvalue weighted by Gasteiger charge is -2.46. The maximum atomic E-state index is 13.3. The number of hydrogen-bond donors (Lipinski definition) is 9. The van der Waals surface area contributed by atoms with Gasteiger partial charge in [-0.05, 0) is 89.9 Å². The number of nitrogens with one attached hydrogen (secondary N) is 1. The van der Waals surface area contributed by atoms with Crippen molar-refractivity contribution in [3.8, 4) is 0 Å². The molecule has 14 nitrogen and oxygen atoms in total. The molecule has 2 aliphatic rings. The van der Waals surface area contributed by atoms with Crippen molar-refractivity contribution in [2.45, 2.75) is 344 Å². The molecular weight excluding hydrogens is 1110 g/mol. The number of carbonyl (C=O) groups is 1. The highest BCUT2D eigenvalue weighted by Gasteiger charge is 2.51. The number of rotatable bonds is 57. The summed E-state index contributed by atoms with van der Waals surface area (Å²) in [6, 6.07) is -0.950. The van der Waals surface area contributed by atoms with Crippen molar-refractivity contribution < 1.29 is 64.6 Å². The zero-order chi connectivity index (χ0) is 63.8. The summed E-state index contributed by atoms with van der Waals surface area (Å²) >= 11 is 0. The molecule has 0 aromatic carbocycles. The maximum Gasteiger partial charge on any atom is 0.220 e. The fraction of sp³-hybridized carbons (Fsp3) is 0.770. The van der Waals surface area contributed by atoms with Crippen LogP contribution < -0.4 is 5.32 Å². The average Bonchev–Trinajstić information content (AvgIpc) is 2.07. The average molecular weight is 1240 g/mol. The van der Waals surface area contributed by atoms with Gasteiger partial charge in [0.05, 0.1) is 32.0 Å². The fourth-order valence-corrected chi connectivity index (χ4v) is 11.1. The molecule has 12 atom stereocenters. The van der Waals surface area contributed by atoms with Crippen LogP contribution in [0.4, 0.5) is 0 Å². The Kier molecular flexibility index (Phi) is 53.2. The van der Waals surface area contributed by atoms with E-state index in [0.717, 1.165) is 83.5 Å². The molecule has 0 saturated carbocycles. The monoisotopic (exact) mass is 1240 g/mol. The second-order valence-corrected chi connectivity index (χ2v) is 24.6. The molecule has 0 spiro atoms. The highest BCUT2D eigenvalue weighted by atomic mass is 16.7. The molecule has 0 aromatic heterocycles. The van der Waals surface area contributed by atoms with Crippen molar-refractivity contribution >= 4 is 5.91 Å². The minimum atomic E-state index is -1.80. The van der Waals surface area contributed by atoms with E-state index >= 15 is 0 Å². The van der Waals surface area contributed by atoms with E-state index in [1.54, 1.807) is 6.08 Å². The highest BCUT2D eigenvalue weighted by molar-refractivity contribution is 5.76. The third-order valence-corrected chi connectivity index (χ3v) is 16.7. The number of aliphatic hydroxyl groups is 8. The number of hydrogen-bond acceptors (Lipinski definition) is 13. The van der Waals surface area contributed by atoms with Crippen molar-refractivity contribution in [3.63, 3.8) is 0 Å². The molecule has 14 heteroatoms. The van der Waals surface area contributed by atoms with E-state index in [4.69, 9.17) is 18.9 Å². The Morgan fingerprint density at radius 2 is 0.795 bits per heavy atom. The topological polar surface area (TPSA) is 228 Å². The lowest BCUT2D eigenvalue weighted by atomic mass is 9.97. The van der Waals surface area contributed by atoms with Crippen LogP contribution in [0.2, 0.25) is 0 Å². The van der Waals surface area contributed by atoms with Crippen LogP contribution in [0.5, 0.6) is 0 Å². The summed E-state index contributed by atoms with van der Waals surface area (Å²) in [5, 5.41) is 87.4. The van der Waals surface area contributed by atoms with Crippen LogP contribution in [0, 0.1) is 0 Å². The van der Waals surface area contributed by atoms with Gasteiger partial charge in [-0.15, -0.1) is 0 Å². The molecule has 0 aromatic rings. The van der Waals surface area contributed by atoms with Gasteiger partial charge in [-0.3, -0.25) is 4.79 Å². The van der Waals surface area contributed by atoms with E-state index < -0.39 is 86.8 Å². The molecule has 2 saturated heterocycles. The molecule has 2 rings (SSSR count). The highest BCUT2D eigenvalue weighted by Crippen LogP contribution is 2.30. The van der Waals surface area contributed by atoms with Crippen LogP contribution >= 0.6 is 0 Å². The van der Waals surface area contributed by atoms with Crippen LogP contribution in [0.15, 0.2) is 97.2 Å². The van der Waals surface area contributed by atoms with Crippen molar-refractivity contribution in [3.05, 3.63) is 97.2 Å². The summed E-state index contributed by atoms with van der Waals surface area (Å²) in [5.41, 5.74) is 0. The van der Waals surface area contributed by atoms with Crippen molar-refractivity contribution in [2.24, 2.45) is 0 Å². The van der Waals surface area contributed by atoms with E-state index in [-0.39, 0.29) is 18.9 Å². The fourth-order valence-electron chi connectivity index (χ4n) is 11.1. The van der Waals surface area contributed by atoms with Crippen LogP contribution in [0.1, 0.15) is 271 Å². The molecular formula is C74H129NO13. The lowest BCUT2D eigenvalue weighted by Crippen LogP contribution is -2.65. The predicted octanol–water partition coefficient (Wildman–Crippen LogP) is 14.6. The Morgan fingerprint density at radius 3 is 1.25 bits per heavy atom. The molecule has 88 heavy (non-hydrogen) atoms. The van der Waals surface area contributed by atoms with E-state index in [1.165, 1.54) is 154 Å². The van der Waals surface area contributed by atoms with Gasteiger partial charge in [0.1, 0.15) is 48.8 Å². The van der Waals surface area contributed by atoms with Gasteiger partial charge >= 0.3 is 0 Å². The molecule has 2 fully saturated rings. The van der Waals surface area contributed by atoms with Gasteiger partial charge in [0.25, 0.3) is 0 Å². The van der Waals surface area contributed by atoms with Gasteiger partial charge in [0.2, 0.25) is 5.91 Å². The third-order valence-electron chi connectivity index (χ3n) is 16.7.